The second kappa shape index (κ2) is 6.49. The Labute approximate surface area is 122 Å². The number of aryl methyl sites for hydroxylation is 1. The van der Waals surface area contributed by atoms with Gasteiger partial charge < -0.3 is 10.3 Å². The van der Waals surface area contributed by atoms with E-state index in [9.17, 15) is 8.42 Å². The maximum atomic E-state index is 12.3. The normalized spacial score (nSPS) is 11.0. The van der Waals surface area contributed by atoms with Crippen LogP contribution in [-0.2, 0) is 16.6 Å². The number of nitrogens with zero attached hydrogens (tertiary/aromatic N) is 2. The first-order valence-corrected chi connectivity index (χ1v) is 7.56. The minimum Gasteiger partial charge on any atom is -0.343 e. The quantitative estimate of drug-likeness (QED) is 0.779. The number of nitrogens with two attached hydrogens (primary N) is 1. The highest BCUT2D eigenvalue weighted by atomic mass is 32.2. The zero-order chi connectivity index (χ0) is 15.3. The van der Waals surface area contributed by atoms with E-state index in [0.717, 1.165) is 6.39 Å². The van der Waals surface area contributed by atoms with E-state index in [1.807, 2.05) is 0 Å². The van der Waals surface area contributed by atoms with E-state index in [0.29, 0.717) is 11.1 Å². The van der Waals surface area contributed by atoms with Crippen LogP contribution in [0.25, 0.3) is 0 Å². The predicted molar refractivity (Wildman–Crippen MR) is 75.4 cm³/mol. The van der Waals surface area contributed by atoms with Crippen LogP contribution in [0.1, 0.15) is 17.0 Å². The Morgan fingerprint density at radius 1 is 1.43 bits per heavy atom. The van der Waals surface area contributed by atoms with Crippen molar-refractivity contribution in [3.63, 3.8) is 0 Å². The average molecular weight is 306 g/mol. The monoisotopic (exact) mass is 306 g/mol. The molecule has 8 heteroatoms. The SMILES string of the molecule is Cc1ccc(C#CCN)cc1S(=O)(=O)NCc1ncon1. The fraction of sp³-hybridized carbons (Fsp3) is 0.231. The highest BCUT2D eigenvalue weighted by molar-refractivity contribution is 7.89. The van der Waals surface area contributed by atoms with E-state index >= 15 is 0 Å². The summed E-state index contributed by atoms with van der Waals surface area (Å²) in [6, 6.07) is 4.95. The first kappa shape index (κ1) is 15.2. The Hall–Kier alpha value is -2.21. The van der Waals surface area contributed by atoms with E-state index < -0.39 is 10.0 Å². The van der Waals surface area contributed by atoms with Crippen molar-refractivity contribution < 1.29 is 12.9 Å². The smallest absolute Gasteiger partial charge is 0.241 e. The molecule has 0 aliphatic heterocycles. The fourth-order valence-electron chi connectivity index (χ4n) is 1.63. The summed E-state index contributed by atoms with van der Waals surface area (Å²) in [4.78, 5) is 3.91. The lowest BCUT2D eigenvalue weighted by molar-refractivity contribution is 0.409. The number of rotatable bonds is 4. The zero-order valence-electron chi connectivity index (χ0n) is 11.3. The third kappa shape index (κ3) is 3.88. The van der Waals surface area contributed by atoms with Crippen molar-refractivity contribution in [2.45, 2.75) is 18.4 Å². The molecular weight excluding hydrogens is 292 g/mol. The maximum absolute atomic E-state index is 12.3. The van der Waals surface area contributed by atoms with Crippen molar-refractivity contribution in [1.82, 2.24) is 14.9 Å². The number of hydrogen-bond donors (Lipinski definition) is 2. The molecule has 0 spiro atoms. The van der Waals surface area contributed by atoms with Crippen molar-refractivity contribution in [3.05, 3.63) is 41.5 Å². The van der Waals surface area contributed by atoms with Crippen molar-refractivity contribution >= 4 is 10.0 Å². The molecule has 0 unspecified atom stereocenters. The number of hydrogen-bond acceptors (Lipinski definition) is 6. The molecule has 1 aromatic carbocycles. The molecule has 2 rings (SSSR count). The van der Waals surface area contributed by atoms with Crippen LogP contribution < -0.4 is 10.5 Å². The van der Waals surface area contributed by atoms with E-state index in [4.69, 9.17) is 5.73 Å². The Morgan fingerprint density at radius 3 is 2.90 bits per heavy atom. The first-order valence-electron chi connectivity index (χ1n) is 6.07. The number of benzene rings is 1. The molecule has 2 aromatic rings. The summed E-state index contributed by atoms with van der Waals surface area (Å²) in [5.74, 6) is 5.75. The summed E-state index contributed by atoms with van der Waals surface area (Å²) in [5, 5.41) is 3.54. The van der Waals surface area contributed by atoms with Gasteiger partial charge in [-0.25, -0.2) is 13.1 Å². The molecule has 0 amide bonds. The number of sulfonamides is 1. The van der Waals surface area contributed by atoms with Crippen LogP contribution >= 0.6 is 0 Å². The van der Waals surface area contributed by atoms with Crippen LogP contribution in [0.5, 0.6) is 0 Å². The van der Waals surface area contributed by atoms with Gasteiger partial charge in [-0.1, -0.05) is 23.1 Å². The molecule has 0 fully saturated rings. The van der Waals surface area contributed by atoms with Gasteiger partial charge in [0.2, 0.25) is 16.4 Å². The lowest BCUT2D eigenvalue weighted by Gasteiger charge is -2.08. The lowest BCUT2D eigenvalue weighted by atomic mass is 10.1. The molecular formula is C13H14N4O3S. The molecule has 7 nitrogen and oxygen atoms in total. The number of aromatic nitrogens is 2. The van der Waals surface area contributed by atoms with Crippen molar-refractivity contribution in [2.24, 2.45) is 5.73 Å². The Bertz CT molecular complexity index is 773. The molecule has 0 aliphatic rings. The Kier molecular flexibility index (Phi) is 4.70. The van der Waals surface area contributed by atoms with Crippen LogP contribution in [0.4, 0.5) is 0 Å². The fourth-order valence-corrected chi connectivity index (χ4v) is 2.88. The largest absolute Gasteiger partial charge is 0.343 e. The lowest BCUT2D eigenvalue weighted by Crippen LogP contribution is -2.24. The van der Waals surface area contributed by atoms with Crippen LogP contribution in [-0.4, -0.2) is 25.1 Å². The van der Waals surface area contributed by atoms with Crippen LogP contribution in [0, 0.1) is 18.8 Å². The molecule has 0 bridgehead atoms. The molecule has 1 heterocycles. The molecule has 3 N–H and O–H groups in total. The van der Waals surface area contributed by atoms with Gasteiger partial charge in [-0.05, 0) is 24.6 Å². The van der Waals surface area contributed by atoms with Crippen LogP contribution in [0.15, 0.2) is 34.0 Å². The summed E-state index contributed by atoms with van der Waals surface area (Å²) in [6.07, 6.45) is 1.14. The van der Waals surface area contributed by atoms with Gasteiger partial charge in [0.1, 0.15) is 0 Å². The van der Waals surface area contributed by atoms with Gasteiger partial charge in [-0.3, -0.25) is 0 Å². The first-order chi connectivity index (χ1) is 10.0. The van der Waals surface area contributed by atoms with Gasteiger partial charge in [0.15, 0.2) is 5.82 Å². The Morgan fingerprint density at radius 2 is 2.24 bits per heavy atom. The molecule has 0 aliphatic carbocycles. The molecule has 0 atom stereocenters. The van der Waals surface area contributed by atoms with E-state index in [-0.39, 0.29) is 23.8 Å². The molecule has 0 radical (unpaired) electrons. The van der Waals surface area contributed by atoms with Gasteiger partial charge in [0.05, 0.1) is 18.0 Å². The molecule has 0 saturated carbocycles. The summed E-state index contributed by atoms with van der Waals surface area (Å²) in [5.41, 5.74) is 6.51. The third-order valence-electron chi connectivity index (χ3n) is 2.64. The van der Waals surface area contributed by atoms with Gasteiger partial charge in [-0.15, -0.1) is 0 Å². The summed E-state index contributed by atoms with van der Waals surface area (Å²) in [6.45, 7) is 1.88. The molecule has 1 aromatic heterocycles. The average Bonchev–Trinajstić information content (AvgIpc) is 2.97. The van der Waals surface area contributed by atoms with Crippen molar-refractivity contribution in [1.29, 1.82) is 0 Å². The minimum atomic E-state index is -3.69. The third-order valence-corrected chi connectivity index (χ3v) is 4.18. The van der Waals surface area contributed by atoms with E-state index in [1.165, 1.54) is 6.07 Å². The summed E-state index contributed by atoms with van der Waals surface area (Å²) >= 11 is 0. The standard InChI is InChI=1S/C13H14N4O3S/c1-10-4-5-11(3-2-6-14)7-12(10)21(18,19)16-8-13-15-9-20-17-13/h4-5,7,9,16H,6,8,14H2,1H3. The maximum Gasteiger partial charge on any atom is 0.241 e. The number of nitrogens with one attached hydrogen (secondary N) is 1. The van der Waals surface area contributed by atoms with Gasteiger partial charge in [0, 0.05) is 5.56 Å². The van der Waals surface area contributed by atoms with E-state index in [2.05, 4.69) is 31.2 Å². The molecule has 0 saturated heterocycles. The van der Waals surface area contributed by atoms with E-state index in [1.54, 1.807) is 19.1 Å². The van der Waals surface area contributed by atoms with Gasteiger partial charge in [0.25, 0.3) is 0 Å². The molecule has 21 heavy (non-hydrogen) atoms. The Balaban J connectivity index is 2.26. The second-order valence-electron chi connectivity index (χ2n) is 4.16. The predicted octanol–water partition coefficient (Wildman–Crippen LogP) is 0.167. The minimum absolute atomic E-state index is 0.0447. The van der Waals surface area contributed by atoms with Crippen molar-refractivity contribution in [2.75, 3.05) is 6.54 Å². The van der Waals surface area contributed by atoms with Crippen LogP contribution in [0.3, 0.4) is 0 Å². The highest BCUT2D eigenvalue weighted by Gasteiger charge is 2.17. The zero-order valence-corrected chi connectivity index (χ0v) is 12.1. The second-order valence-corrected chi connectivity index (χ2v) is 5.89. The molecule has 110 valence electrons. The van der Waals surface area contributed by atoms with Crippen molar-refractivity contribution in [3.8, 4) is 11.8 Å². The van der Waals surface area contributed by atoms with Gasteiger partial charge >= 0.3 is 0 Å². The van der Waals surface area contributed by atoms with Gasteiger partial charge in [-0.2, -0.15) is 4.98 Å². The topological polar surface area (TPSA) is 111 Å². The summed E-state index contributed by atoms with van der Waals surface area (Å²) < 4.78 is 31.6. The van der Waals surface area contributed by atoms with Crippen LogP contribution in [0.2, 0.25) is 0 Å². The summed E-state index contributed by atoms with van der Waals surface area (Å²) in [7, 11) is -3.69. The highest BCUT2D eigenvalue weighted by Crippen LogP contribution is 2.16.